The van der Waals surface area contributed by atoms with Crippen LogP contribution in [0.25, 0.3) is 0 Å². The Hall–Kier alpha value is -2.82. The molecule has 2 aromatic carbocycles. The summed E-state index contributed by atoms with van der Waals surface area (Å²) in [4.78, 5) is 23.0. The Morgan fingerprint density at radius 1 is 1.00 bits per heavy atom. The molecule has 0 radical (unpaired) electrons. The molecule has 24 heavy (non-hydrogen) atoms. The Balaban J connectivity index is 2.23. The first-order chi connectivity index (χ1) is 11.6. The van der Waals surface area contributed by atoms with Crippen LogP contribution < -0.4 is 9.47 Å². The van der Waals surface area contributed by atoms with Crippen LogP contribution >= 0.6 is 0 Å². The van der Waals surface area contributed by atoms with Gasteiger partial charge < -0.3 is 14.6 Å². The molecule has 0 bridgehead atoms. The number of aliphatic carboxylic acids is 1. The van der Waals surface area contributed by atoms with Crippen molar-refractivity contribution in [1.29, 1.82) is 0 Å². The van der Waals surface area contributed by atoms with Crippen molar-refractivity contribution in [1.82, 2.24) is 0 Å². The highest BCUT2D eigenvalue weighted by Crippen LogP contribution is 2.29. The monoisotopic (exact) mass is 328 g/mol. The average molecular weight is 328 g/mol. The fourth-order valence-corrected chi connectivity index (χ4v) is 2.11. The summed E-state index contributed by atoms with van der Waals surface area (Å²) < 4.78 is 11.3. The van der Waals surface area contributed by atoms with E-state index in [2.05, 4.69) is 0 Å². The van der Waals surface area contributed by atoms with Gasteiger partial charge in [-0.05, 0) is 36.8 Å². The number of ketones is 1. The molecule has 0 unspecified atom stereocenters. The zero-order valence-corrected chi connectivity index (χ0v) is 13.5. The van der Waals surface area contributed by atoms with Crippen LogP contribution in [0.1, 0.15) is 36.5 Å². The van der Waals surface area contributed by atoms with Crippen LogP contribution in [0.2, 0.25) is 0 Å². The summed E-state index contributed by atoms with van der Waals surface area (Å²) in [5.41, 5.74) is 0.345. The standard InChI is InChI=1S/C19H20O5/c1-2-12-23-18-10-8-15(24-14-6-4-3-5-7-14)13-16(18)17(20)9-11-19(21)22/h3-8,10,13H,2,9,11-12H2,1H3,(H,21,22). The van der Waals surface area contributed by atoms with Crippen molar-refractivity contribution in [3.05, 3.63) is 54.1 Å². The highest BCUT2D eigenvalue weighted by Gasteiger charge is 2.16. The summed E-state index contributed by atoms with van der Waals surface area (Å²) in [5.74, 6) is 0.332. The van der Waals surface area contributed by atoms with Crippen LogP contribution in [-0.2, 0) is 4.79 Å². The Morgan fingerprint density at radius 2 is 1.75 bits per heavy atom. The number of carboxylic acid groups (broad SMARTS) is 1. The number of Topliss-reactive ketones (excluding diaryl/α,β-unsaturated/α-hetero) is 1. The minimum Gasteiger partial charge on any atom is -0.493 e. The fraction of sp³-hybridized carbons (Fsp3) is 0.263. The highest BCUT2D eigenvalue weighted by atomic mass is 16.5. The van der Waals surface area contributed by atoms with Crippen LogP contribution in [0, 0.1) is 0 Å². The third-order valence-electron chi connectivity index (χ3n) is 3.26. The molecule has 0 spiro atoms. The Labute approximate surface area is 140 Å². The van der Waals surface area contributed by atoms with E-state index in [1.165, 1.54) is 0 Å². The second kappa shape index (κ2) is 8.72. The van der Waals surface area contributed by atoms with Gasteiger partial charge in [-0.3, -0.25) is 9.59 Å². The van der Waals surface area contributed by atoms with Crippen molar-refractivity contribution in [2.75, 3.05) is 6.61 Å². The van der Waals surface area contributed by atoms with Gasteiger partial charge in [0.05, 0.1) is 18.6 Å². The molecule has 0 saturated heterocycles. The fourth-order valence-electron chi connectivity index (χ4n) is 2.11. The maximum atomic E-state index is 12.3. The van der Waals surface area contributed by atoms with E-state index in [1.54, 1.807) is 18.2 Å². The van der Waals surface area contributed by atoms with E-state index >= 15 is 0 Å². The van der Waals surface area contributed by atoms with Gasteiger partial charge in [0.15, 0.2) is 5.78 Å². The summed E-state index contributed by atoms with van der Waals surface area (Å²) >= 11 is 0. The molecule has 5 heteroatoms. The molecule has 0 saturated carbocycles. The van der Waals surface area contributed by atoms with Gasteiger partial charge in [-0.15, -0.1) is 0 Å². The molecule has 1 N–H and O–H groups in total. The molecule has 0 aromatic heterocycles. The summed E-state index contributed by atoms with van der Waals surface area (Å²) in [6.45, 7) is 2.46. The van der Waals surface area contributed by atoms with Crippen molar-refractivity contribution in [3.63, 3.8) is 0 Å². The van der Waals surface area contributed by atoms with Crippen LogP contribution in [0.15, 0.2) is 48.5 Å². The van der Waals surface area contributed by atoms with Gasteiger partial charge in [-0.1, -0.05) is 25.1 Å². The molecular formula is C19H20O5. The molecule has 2 aromatic rings. The van der Waals surface area contributed by atoms with E-state index < -0.39 is 5.97 Å². The van der Waals surface area contributed by atoms with Crippen LogP contribution in [0.3, 0.4) is 0 Å². The molecule has 0 aliphatic heterocycles. The van der Waals surface area contributed by atoms with Crippen molar-refractivity contribution in [2.45, 2.75) is 26.2 Å². The topological polar surface area (TPSA) is 72.8 Å². The molecular weight excluding hydrogens is 308 g/mol. The lowest BCUT2D eigenvalue weighted by molar-refractivity contribution is -0.136. The quantitative estimate of drug-likeness (QED) is 0.694. The Morgan fingerprint density at radius 3 is 2.42 bits per heavy atom. The Kier molecular flexibility index (Phi) is 6.37. The highest BCUT2D eigenvalue weighted by molar-refractivity contribution is 6.00. The summed E-state index contributed by atoms with van der Waals surface area (Å²) in [6.07, 6.45) is 0.521. The second-order valence-electron chi connectivity index (χ2n) is 5.24. The lowest BCUT2D eigenvalue weighted by Gasteiger charge is -2.12. The van der Waals surface area contributed by atoms with E-state index in [1.807, 2.05) is 37.3 Å². The number of hydrogen-bond acceptors (Lipinski definition) is 4. The molecule has 0 fully saturated rings. The number of benzene rings is 2. The van der Waals surface area contributed by atoms with Gasteiger partial charge in [0.1, 0.15) is 17.2 Å². The lowest BCUT2D eigenvalue weighted by Crippen LogP contribution is -2.07. The lowest BCUT2D eigenvalue weighted by atomic mass is 10.0. The van der Waals surface area contributed by atoms with E-state index in [0.717, 1.165) is 6.42 Å². The Bertz CT molecular complexity index is 694. The molecule has 0 heterocycles. The SMILES string of the molecule is CCCOc1ccc(Oc2ccccc2)cc1C(=O)CCC(=O)O. The van der Waals surface area contributed by atoms with E-state index in [-0.39, 0.29) is 18.6 Å². The predicted molar refractivity (Wildman–Crippen MR) is 89.9 cm³/mol. The molecule has 0 atom stereocenters. The van der Waals surface area contributed by atoms with E-state index in [0.29, 0.717) is 29.4 Å². The first-order valence-electron chi connectivity index (χ1n) is 7.85. The van der Waals surface area contributed by atoms with Gasteiger partial charge in [-0.2, -0.15) is 0 Å². The third kappa shape index (κ3) is 5.12. The van der Waals surface area contributed by atoms with Gasteiger partial charge in [0.2, 0.25) is 0 Å². The molecule has 0 amide bonds. The molecule has 0 aliphatic rings. The van der Waals surface area contributed by atoms with Crippen molar-refractivity contribution in [2.24, 2.45) is 0 Å². The van der Waals surface area contributed by atoms with Crippen LogP contribution in [0.5, 0.6) is 17.2 Å². The van der Waals surface area contributed by atoms with Crippen LogP contribution in [0.4, 0.5) is 0 Å². The summed E-state index contributed by atoms with van der Waals surface area (Å²) in [6, 6.07) is 14.2. The first kappa shape index (κ1) is 17.5. The minimum absolute atomic E-state index is 0.0768. The molecule has 0 aliphatic carbocycles. The number of para-hydroxylation sites is 1. The molecule has 2 rings (SSSR count). The summed E-state index contributed by atoms with van der Waals surface area (Å²) in [7, 11) is 0. The summed E-state index contributed by atoms with van der Waals surface area (Å²) in [5, 5.41) is 8.76. The normalized spacial score (nSPS) is 10.2. The van der Waals surface area contributed by atoms with Gasteiger partial charge in [0, 0.05) is 6.42 Å². The maximum absolute atomic E-state index is 12.3. The molecule has 5 nitrogen and oxygen atoms in total. The predicted octanol–water partition coefficient (Wildman–Crippen LogP) is 4.32. The first-order valence-corrected chi connectivity index (χ1v) is 7.85. The average Bonchev–Trinajstić information content (AvgIpc) is 2.59. The van der Waals surface area contributed by atoms with Crippen molar-refractivity contribution < 1.29 is 24.2 Å². The van der Waals surface area contributed by atoms with Gasteiger partial charge in [0.25, 0.3) is 0 Å². The smallest absolute Gasteiger partial charge is 0.303 e. The maximum Gasteiger partial charge on any atom is 0.303 e. The zero-order chi connectivity index (χ0) is 17.4. The van der Waals surface area contributed by atoms with Crippen molar-refractivity contribution >= 4 is 11.8 Å². The zero-order valence-electron chi connectivity index (χ0n) is 13.5. The minimum atomic E-state index is -1.00. The van der Waals surface area contributed by atoms with Gasteiger partial charge in [-0.25, -0.2) is 0 Å². The van der Waals surface area contributed by atoms with E-state index in [4.69, 9.17) is 14.6 Å². The number of carbonyl (C=O) groups excluding carboxylic acids is 1. The second-order valence-corrected chi connectivity index (χ2v) is 5.24. The van der Waals surface area contributed by atoms with Crippen molar-refractivity contribution in [3.8, 4) is 17.2 Å². The number of rotatable bonds is 9. The van der Waals surface area contributed by atoms with E-state index in [9.17, 15) is 9.59 Å². The number of ether oxygens (including phenoxy) is 2. The molecule has 126 valence electrons. The number of hydrogen-bond donors (Lipinski definition) is 1. The number of carbonyl (C=O) groups is 2. The largest absolute Gasteiger partial charge is 0.493 e. The van der Waals surface area contributed by atoms with Crippen LogP contribution in [-0.4, -0.2) is 23.5 Å². The van der Waals surface area contributed by atoms with Gasteiger partial charge >= 0.3 is 5.97 Å². The third-order valence-corrected chi connectivity index (χ3v) is 3.26. The number of carboxylic acids is 1.